The van der Waals surface area contributed by atoms with Crippen molar-refractivity contribution in [1.29, 1.82) is 5.26 Å². The monoisotopic (exact) mass is 280 g/mol. The lowest BCUT2D eigenvalue weighted by molar-refractivity contribution is -0.141. The first kappa shape index (κ1) is 14.1. The lowest BCUT2D eigenvalue weighted by Crippen LogP contribution is -2.12. The first-order valence-electron chi connectivity index (χ1n) is 5.98. The molecule has 0 N–H and O–H groups in total. The molecule has 0 fully saturated rings. The van der Waals surface area contributed by atoms with Crippen molar-refractivity contribution in [1.82, 2.24) is 14.5 Å². The minimum absolute atomic E-state index is 0.0386. The van der Waals surface area contributed by atoms with E-state index in [-0.39, 0.29) is 11.4 Å². The molecule has 0 saturated heterocycles. The molecule has 0 aromatic carbocycles. The Hall–Kier alpha value is -2.36. The average Bonchev–Trinajstić information content (AvgIpc) is 2.85. The highest BCUT2D eigenvalue weighted by molar-refractivity contribution is 5.45. The number of aryl methyl sites for hydroxylation is 1. The Kier molecular flexibility index (Phi) is 3.74. The SMILES string of the molecule is CCCc1nccn1-c1nc(C(F)(F)F)ccc1C#N. The average molecular weight is 280 g/mol. The van der Waals surface area contributed by atoms with E-state index in [1.54, 1.807) is 0 Å². The molecule has 2 heterocycles. The van der Waals surface area contributed by atoms with E-state index >= 15 is 0 Å². The van der Waals surface area contributed by atoms with Crippen LogP contribution in [0, 0.1) is 11.3 Å². The second-order valence-electron chi connectivity index (χ2n) is 4.14. The number of halogens is 3. The fourth-order valence-corrected chi connectivity index (χ4v) is 1.81. The fourth-order valence-electron chi connectivity index (χ4n) is 1.81. The summed E-state index contributed by atoms with van der Waals surface area (Å²) in [4.78, 5) is 7.66. The van der Waals surface area contributed by atoms with Crippen LogP contribution in [0.1, 0.15) is 30.4 Å². The van der Waals surface area contributed by atoms with E-state index in [1.807, 2.05) is 13.0 Å². The zero-order chi connectivity index (χ0) is 14.8. The summed E-state index contributed by atoms with van der Waals surface area (Å²) in [6, 6.07) is 3.78. The molecular formula is C13H11F3N4. The summed E-state index contributed by atoms with van der Waals surface area (Å²) >= 11 is 0. The Morgan fingerprint density at radius 2 is 2.10 bits per heavy atom. The lowest BCUT2D eigenvalue weighted by Gasteiger charge is -2.11. The predicted molar refractivity (Wildman–Crippen MR) is 65.1 cm³/mol. The van der Waals surface area contributed by atoms with Crippen LogP contribution in [0.5, 0.6) is 0 Å². The zero-order valence-electron chi connectivity index (χ0n) is 10.6. The molecule has 0 atom stereocenters. The number of nitrogens with zero attached hydrogens (tertiary/aromatic N) is 4. The number of imidazole rings is 1. The third-order valence-corrected chi connectivity index (χ3v) is 2.71. The Bertz CT molecular complexity index is 652. The number of aromatic nitrogens is 3. The van der Waals surface area contributed by atoms with Crippen molar-refractivity contribution in [2.45, 2.75) is 25.9 Å². The predicted octanol–water partition coefficient (Wildman–Crippen LogP) is 3.11. The van der Waals surface area contributed by atoms with Gasteiger partial charge in [-0.2, -0.15) is 18.4 Å². The standard InChI is InChI=1S/C13H11F3N4/c1-2-3-11-18-6-7-20(11)12-9(8-17)4-5-10(19-12)13(14,15)16/h4-7H,2-3H2,1H3. The molecule has 0 saturated carbocycles. The smallest absolute Gasteiger partial charge is 0.287 e. The van der Waals surface area contributed by atoms with Crippen LogP contribution in [0.4, 0.5) is 13.2 Å². The summed E-state index contributed by atoms with van der Waals surface area (Å²) < 4.78 is 39.6. The van der Waals surface area contributed by atoms with Crippen molar-refractivity contribution in [2.75, 3.05) is 0 Å². The van der Waals surface area contributed by atoms with Crippen LogP contribution < -0.4 is 0 Å². The van der Waals surface area contributed by atoms with E-state index in [2.05, 4.69) is 9.97 Å². The van der Waals surface area contributed by atoms with Gasteiger partial charge in [-0.05, 0) is 18.6 Å². The molecule has 104 valence electrons. The first-order valence-corrected chi connectivity index (χ1v) is 5.98. The molecule has 0 bridgehead atoms. The van der Waals surface area contributed by atoms with Crippen molar-refractivity contribution >= 4 is 0 Å². The minimum atomic E-state index is -4.55. The molecule has 0 aliphatic heterocycles. The van der Waals surface area contributed by atoms with E-state index in [9.17, 15) is 13.2 Å². The van der Waals surface area contributed by atoms with Crippen LogP contribution in [-0.2, 0) is 12.6 Å². The number of hydrogen-bond donors (Lipinski definition) is 0. The van der Waals surface area contributed by atoms with Crippen molar-refractivity contribution in [3.05, 3.63) is 41.6 Å². The Labute approximate surface area is 113 Å². The number of nitriles is 1. The largest absolute Gasteiger partial charge is 0.433 e. The van der Waals surface area contributed by atoms with Gasteiger partial charge in [0.25, 0.3) is 0 Å². The Morgan fingerprint density at radius 1 is 1.35 bits per heavy atom. The topological polar surface area (TPSA) is 54.5 Å². The van der Waals surface area contributed by atoms with E-state index in [0.717, 1.165) is 18.6 Å². The van der Waals surface area contributed by atoms with Crippen molar-refractivity contribution in [2.24, 2.45) is 0 Å². The highest BCUT2D eigenvalue weighted by atomic mass is 19.4. The molecular weight excluding hydrogens is 269 g/mol. The summed E-state index contributed by atoms with van der Waals surface area (Å²) in [5, 5.41) is 9.03. The van der Waals surface area contributed by atoms with Gasteiger partial charge < -0.3 is 0 Å². The van der Waals surface area contributed by atoms with Gasteiger partial charge in [0.15, 0.2) is 5.82 Å². The van der Waals surface area contributed by atoms with Crippen LogP contribution in [-0.4, -0.2) is 14.5 Å². The third-order valence-electron chi connectivity index (χ3n) is 2.71. The minimum Gasteiger partial charge on any atom is -0.287 e. The summed E-state index contributed by atoms with van der Waals surface area (Å²) in [6.45, 7) is 1.93. The molecule has 0 spiro atoms. The number of alkyl halides is 3. The number of hydrogen-bond acceptors (Lipinski definition) is 3. The maximum atomic E-state index is 12.7. The molecule has 0 aliphatic carbocycles. The molecule has 0 aliphatic rings. The van der Waals surface area contributed by atoms with Gasteiger partial charge in [0.2, 0.25) is 0 Å². The molecule has 0 unspecified atom stereocenters. The van der Waals surface area contributed by atoms with Crippen LogP contribution in [0.25, 0.3) is 5.82 Å². The van der Waals surface area contributed by atoms with Gasteiger partial charge in [-0.1, -0.05) is 6.92 Å². The second-order valence-corrected chi connectivity index (χ2v) is 4.14. The van der Waals surface area contributed by atoms with Gasteiger partial charge in [-0.25, -0.2) is 9.97 Å². The third kappa shape index (κ3) is 2.64. The normalized spacial score (nSPS) is 11.3. The molecule has 4 nitrogen and oxygen atoms in total. The van der Waals surface area contributed by atoms with Gasteiger partial charge in [0.05, 0.1) is 5.56 Å². The summed E-state index contributed by atoms with van der Waals surface area (Å²) in [7, 11) is 0. The van der Waals surface area contributed by atoms with Gasteiger partial charge in [0, 0.05) is 18.8 Å². The molecule has 7 heteroatoms. The van der Waals surface area contributed by atoms with Crippen LogP contribution in [0.2, 0.25) is 0 Å². The maximum absolute atomic E-state index is 12.7. The summed E-state index contributed by atoms with van der Waals surface area (Å²) in [5.74, 6) is 0.541. The first-order chi connectivity index (χ1) is 9.47. The second kappa shape index (κ2) is 5.33. The summed E-state index contributed by atoms with van der Waals surface area (Å²) in [5.41, 5.74) is -0.948. The van der Waals surface area contributed by atoms with Gasteiger partial charge in [0.1, 0.15) is 17.6 Å². The number of pyridine rings is 1. The van der Waals surface area contributed by atoms with Gasteiger partial charge in [-0.3, -0.25) is 4.57 Å². The van der Waals surface area contributed by atoms with E-state index < -0.39 is 11.9 Å². The lowest BCUT2D eigenvalue weighted by atomic mass is 10.2. The van der Waals surface area contributed by atoms with E-state index in [1.165, 1.54) is 17.0 Å². The molecule has 20 heavy (non-hydrogen) atoms. The number of rotatable bonds is 3. The quantitative estimate of drug-likeness (QED) is 0.868. The van der Waals surface area contributed by atoms with Crippen LogP contribution in [0.3, 0.4) is 0 Å². The molecule has 0 radical (unpaired) electrons. The van der Waals surface area contributed by atoms with E-state index in [0.29, 0.717) is 12.2 Å². The highest BCUT2D eigenvalue weighted by Crippen LogP contribution is 2.29. The van der Waals surface area contributed by atoms with E-state index in [4.69, 9.17) is 5.26 Å². The van der Waals surface area contributed by atoms with Gasteiger partial charge >= 0.3 is 6.18 Å². The molecule has 2 rings (SSSR count). The van der Waals surface area contributed by atoms with Crippen LogP contribution >= 0.6 is 0 Å². The molecule has 2 aromatic rings. The van der Waals surface area contributed by atoms with Crippen molar-refractivity contribution < 1.29 is 13.2 Å². The van der Waals surface area contributed by atoms with Gasteiger partial charge in [-0.15, -0.1) is 0 Å². The van der Waals surface area contributed by atoms with Crippen molar-refractivity contribution in [3.8, 4) is 11.9 Å². The van der Waals surface area contributed by atoms with Crippen LogP contribution in [0.15, 0.2) is 24.5 Å². The van der Waals surface area contributed by atoms with Crippen molar-refractivity contribution in [3.63, 3.8) is 0 Å². The Morgan fingerprint density at radius 3 is 2.70 bits per heavy atom. The maximum Gasteiger partial charge on any atom is 0.433 e. The zero-order valence-corrected chi connectivity index (χ0v) is 10.6. The Balaban J connectivity index is 2.59. The summed E-state index contributed by atoms with van der Waals surface area (Å²) in [6.07, 6.45) is -0.176. The highest BCUT2D eigenvalue weighted by Gasteiger charge is 2.33. The molecule has 0 amide bonds. The fraction of sp³-hybridized carbons (Fsp3) is 0.308. The molecule has 2 aromatic heterocycles.